The molecule has 2 N–H and O–H groups in total. The largest absolute Gasteiger partial charge is 0.394 e. The van der Waals surface area contributed by atoms with E-state index in [4.69, 9.17) is 5.11 Å². The van der Waals surface area contributed by atoms with Crippen molar-refractivity contribution in [1.29, 1.82) is 0 Å². The Morgan fingerprint density at radius 2 is 2.27 bits per heavy atom. The monoisotopic (exact) mass is 357 g/mol. The average Bonchev–Trinajstić information content (AvgIpc) is 3.22. The molecule has 0 aromatic carbocycles. The minimum atomic E-state index is -0.137. The molecule has 0 spiro atoms. The summed E-state index contributed by atoms with van der Waals surface area (Å²) in [5, 5.41) is 16.5. The van der Waals surface area contributed by atoms with Gasteiger partial charge in [0.25, 0.3) is 11.3 Å². The van der Waals surface area contributed by atoms with E-state index in [1.807, 2.05) is 12.3 Å². The number of aromatic nitrogens is 6. The molecule has 1 saturated heterocycles. The van der Waals surface area contributed by atoms with Crippen LogP contribution in [0.3, 0.4) is 0 Å². The number of hydrogen-bond donors (Lipinski definition) is 2. The summed E-state index contributed by atoms with van der Waals surface area (Å²) >= 11 is 0. The van der Waals surface area contributed by atoms with Crippen LogP contribution in [0.5, 0.6) is 0 Å². The second-order valence-corrected chi connectivity index (χ2v) is 6.83. The third-order valence-corrected chi connectivity index (χ3v) is 4.80. The molecule has 1 fully saturated rings. The Hall–Kier alpha value is -2.52. The van der Waals surface area contributed by atoms with Crippen LogP contribution >= 0.6 is 0 Å². The van der Waals surface area contributed by atoms with Gasteiger partial charge in [-0.2, -0.15) is 14.6 Å². The van der Waals surface area contributed by atoms with Crippen LogP contribution in [-0.4, -0.2) is 59.1 Å². The molecule has 9 heteroatoms. The highest BCUT2D eigenvalue weighted by molar-refractivity contribution is 5.27. The molecule has 0 radical (unpaired) electrons. The lowest BCUT2D eigenvalue weighted by Crippen LogP contribution is -2.34. The van der Waals surface area contributed by atoms with Gasteiger partial charge >= 0.3 is 0 Å². The van der Waals surface area contributed by atoms with Crippen LogP contribution in [0.2, 0.25) is 0 Å². The number of aromatic amines is 1. The molecule has 0 unspecified atom stereocenters. The molecule has 26 heavy (non-hydrogen) atoms. The standard InChI is InChI=1S/C17H23N7O2/c1-12-18-17-19-14(9-16(26)24(17)20-12)11-22-5-2-3-13(10-22)15-4-6-23(21-15)7-8-25/h4,6,9,13,25H,2-3,5,7-8,10-11H2,1H3,(H,18,19,20)/t13-/m1/s1. The number of piperidine rings is 1. The summed E-state index contributed by atoms with van der Waals surface area (Å²) in [6.45, 7) is 4.91. The summed E-state index contributed by atoms with van der Waals surface area (Å²) in [7, 11) is 0. The van der Waals surface area contributed by atoms with Gasteiger partial charge in [-0.15, -0.1) is 0 Å². The summed E-state index contributed by atoms with van der Waals surface area (Å²) in [6.07, 6.45) is 4.10. The third-order valence-electron chi connectivity index (χ3n) is 4.80. The first-order valence-corrected chi connectivity index (χ1v) is 8.94. The maximum Gasteiger partial charge on any atom is 0.274 e. The lowest BCUT2D eigenvalue weighted by atomic mass is 9.95. The van der Waals surface area contributed by atoms with Crippen LogP contribution in [0.4, 0.5) is 0 Å². The summed E-state index contributed by atoms with van der Waals surface area (Å²) in [5.41, 5.74) is 1.67. The number of aliphatic hydroxyl groups excluding tert-OH is 1. The summed E-state index contributed by atoms with van der Waals surface area (Å²) < 4.78 is 3.15. The number of fused-ring (bicyclic) bond motifs is 1. The number of nitrogens with one attached hydrogen (secondary N) is 1. The van der Waals surface area contributed by atoms with Crippen molar-refractivity contribution in [3.8, 4) is 0 Å². The lowest BCUT2D eigenvalue weighted by molar-refractivity contribution is 0.195. The molecule has 0 aliphatic carbocycles. The molecule has 1 aliphatic rings. The van der Waals surface area contributed by atoms with E-state index in [1.54, 1.807) is 17.7 Å². The Balaban J connectivity index is 1.48. The van der Waals surface area contributed by atoms with E-state index in [0.29, 0.717) is 30.6 Å². The van der Waals surface area contributed by atoms with Crippen molar-refractivity contribution in [1.82, 2.24) is 34.3 Å². The first-order chi connectivity index (χ1) is 12.6. The molecule has 3 aromatic rings. The summed E-state index contributed by atoms with van der Waals surface area (Å²) in [6, 6.07) is 3.61. The van der Waals surface area contributed by atoms with E-state index in [0.717, 1.165) is 37.3 Å². The van der Waals surface area contributed by atoms with Gasteiger partial charge in [0.05, 0.1) is 24.5 Å². The van der Waals surface area contributed by atoms with Crippen molar-refractivity contribution in [3.63, 3.8) is 0 Å². The van der Waals surface area contributed by atoms with Crippen LogP contribution in [0.25, 0.3) is 5.78 Å². The van der Waals surface area contributed by atoms with Crippen LogP contribution in [0, 0.1) is 6.92 Å². The number of hydrogen-bond acceptors (Lipinski definition) is 6. The highest BCUT2D eigenvalue weighted by atomic mass is 16.3. The number of likely N-dealkylation sites (tertiary alicyclic amines) is 1. The van der Waals surface area contributed by atoms with Gasteiger partial charge in [-0.3, -0.25) is 19.5 Å². The molecule has 0 amide bonds. The third kappa shape index (κ3) is 3.40. The van der Waals surface area contributed by atoms with Gasteiger partial charge in [0.2, 0.25) is 0 Å². The lowest BCUT2D eigenvalue weighted by Gasteiger charge is -2.31. The Bertz CT molecular complexity index is 958. The van der Waals surface area contributed by atoms with Crippen molar-refractivity contribution < 1.29 is 5.11 Å². The van der Waals surface area contributed by atoms with E-state index in [1.165, 1.54) is 4.52 Å². The molecule has 3 aromatic heterocycles. The molecule has 4 rings (SSSR count). The van der Waals surface area contributed by atoms with Crippen molar-refractivity contribution in [2.45, 2.75) is 38.8 Å². The fourth-order valence-corrected chi connectivity index (χ4v) is 3.61. The van der Waals surface area contributed by atoms with Gasteiger partial charge in [-0.05, 0) is 32.4 Å². The Morgan fingerprint density at radius 3 is 3.12 bits per heavy atom. The summed E-state index contributed by atoms with van der Waals surface area (Å²) in [5.74, 6) is 1.45. The summed E-state index contributed by atoms with van der Waals surface area (Å²) in [4.78, 5) is 23.3. The number of H-pyrrole nitrogens is 1. The highest BCUT2D eigenvalue weighted by Crippen LogP contribution is 2.26. The number of aryl methyl sites for hydroxylation is 1. The molecule has 0 bridgehead atoms. The van der Waals surface area contributed by atoms with Crippen LogP contribution in [0.15, 0.2) is 23.1 Å². The second kappa shape index (κ2) is 7.00. The predicted molar refractivity (Wildman–Crippen MR) is 94.9 cm³/mol. The molecule has 4 heterocycles. The maximum atomic E-state index is 12.2. The number of aliphatic hydroxyl groups is 1. The van der Waals surface area contributed by atoms with Gasteiger partial charge in [-0.25, -0.2) is 4.98 Å². The van der Waals surface area contributed by atoms with Crippen LogP contribution < -0.4 is 5.56 Å². The number of nitrogens with zero attached hydrogens (tertiary/aromatic N) is 6. The molecule has 9 nitrogen and oxygen atoms in total. The molecule has 138 valence electrons. The molecule has 1 aliphatic heterocycles. The first kappa shape index (κ1) is 16.9. The Labute approximate surface area is 150 Å². The van der Waals surface area contributed by atoms with Gasteiger partial charge < -0.3 is 5.11 Å². The zero-order valence-corrected chi connectivity index (χ0v) is 14.8. The molecular formula is C17H23N7O2. The van der Waals surface area contributed by atoms with E-state index >= 15 is 0 Å². The van der Waals surface area contributed by atoms with Crippen LogP contribution in [-0.2, 0) is 13.1 Å². The first-order valence-electron chi connectivity index (χ1n) is 8.94. The Morgan fingerprint density at radius 1 is 1.38 bits per heavy atom. The average molecular weight is 357 g/mol. The molecule has 0 saturated carbocycles. The van der Waals surface area contributed by atoms with Crippen molar-refractivity contribution in [3.05, 3.63) is 45.9 Å². The minimum Gasteiger partial charge on any atom is -0.394 e. The normalized spacial score (nSPS) is 18.6. The number of rotatable bonds is 5. The zero-order chi connectivity index (χ0) is 18.1. The highest BCUT2D eigenvalue weighted by Gasteiger charge is 2.24. The van der Waals surface area contributed by atoms with E-state index in [9.17, 15) is 4.79 Å². The SMILES string of the molecule is Cc1nc2nc(CN3CCC[C@@H](c4ccn(CCO)n4)C3)cc(=O)n2[nH]1. The smallest absolute Gasteiger partial charge is 0.274 e. The van der Waals surface area contributed by atoms with Gasteiger partial charge in [-0.1, -0.05) is 0 Å². The van der Waals surface area contributed by atoms with Gasteiger partial charge in [0.1, 0.15) is 5.82 Å². The fourth-order valence-electron chi connectivity index (χ4n) is 3.61. The topological polar surface area (TPSA) is 104 Å². The second-order valence-electron chi connectivity index (χ2n) is 6.83. The quantitative estimate of drug-likeness (QED) is 0.680. The van der Waals surface area contributed by atoms with Gasteiger partial charge in [0.15, 0.2) is 0 Å². The van der Waals surface area contributed by atoms with Crippen molar-refractivity contribution in [2.75, 3.05) is 19.7 Å². The molecule has 1 atom stereocenters. The maximum absolute atomic E-state index is 12.2. The predicted octanol–water partition coefficient (Wildman–Crippen LogP) is 0.294. The Kier molecular flexibility index (Phi) is 4.56. The fraction of sp³-hybridized carbons (Fsp3) is 0.529. The zero-order valence-electron chi connectivity index (χ0n) is 14.8. The van der Waals surface area contributed by atoms with E-state index in [2.05, 4.69) is 25.1 Å². The van der Waals surface area contributed by atoms with E-state index < -0.39 is 0 Å². The van der Waals surface area contributed by atoms with Crippen LogP contribution in [0.1, 0.15) is 36.0 Å². The van der Waals surface area contributed by atoms with Crippen molar-refractivity contribution in [2.24, 2.45) is 0 Å². The molecular weight excluding hydrogens is 334 g/mol. The van der Waals surface area contributed by atoms with Gasteiger partial charge in [0, 0.05) is 31.3 Å². The minimum absolute atomic E-state index is 0.0915. The van der Waals surface area contributed by atoms with Crippen molar-refractivity contribution >= 4 is 5.78 Å². The van der Waals surface area contributed by atoms with E-state index in [-0.39, 0.29) is 12.2 Å².